The molecule has 0 aliphatic rings. The van der Waals surface area contributed by atoms with Crippen LogP contribution in [0.25, 0.3) is 12.2 Å². The summed E-state index contributed by atoms with van der Waals surface area (Å²) in [6.07, 6.45) is 6.74. The zero-order valence-electron chi connectivity index (χ0n) is 12.4. The van der Waals surface area contributed by atoms with Crippen LogP contribution < -0.4 is 5.32 Å². The number of aromatic nitrogens is 1. The number of pyridine rings is 1. The highest BCUT2D eigenvalue weighted by Crippen LogP contribution is 2.13. The lowest BCUT2D eigenvalue weighted by Gasteiger charge is -2.11. The number of benzene rings is 1. The zero-order valence-corrected chi connectivity index (χ0v) is 12.4. The van der Waals surface area contributed by atoms with Crippen LogP contribution in [0.2, 0.25) is 0 Å². The normalized spacial score (nSPS) is 12.0. The van der Waals surface area contributed by atoms with Crippen molar-refractivity contribution in [3.8, 4) is 0 Å². The number of nitrogens with one attached hydrogen (secondary N) is 1. The van der Waals surface area contributed by atoms with Gasteiger partial charge in [-0.2, -0.15) is 0 Å². The molecule has 0 aliphatic heterocycles. The lowest BCUT2D eigenvalue weighted by atomic mass is 10.1. The second-order valence-corrected chi connectivity index (χ2v) is 4.80. The Balaban J connectivity index is 2.21. The van der Waals surface area contributed by atoms with Crippen LogP contribution in [0.15, 0.2) is 48.7 Å². The molecule has 1 N–H and O–H groups in total. The molecule has 112 valence electrons. The largest absolute Gasteiger partial charge is 0.343 e. The molecule has 0 aliphatic carbocycles. The molecule has 2 aromatic rings. The lowest BCUT2D eigenvalue weighted by molar-refractivity contribution is -0.109. The molecule has 1 unspecified atom stereocenters. The topological polar surface area (TPSA) is 59.1 Å². The highest BCUT2D eigenvalue weighted by Gasteiger charge is 2.13. The van der Waals surface area contributed by atoms with Gasteiger partial charge in [-0.1, -0.05) is 37.3 Å². The summed E-state index contributed by atoms with van der Waals surface area (Å²) in [5, 5.41) is 2.71. The molecule has 0 saturated heterocycles. The van der Waals surface area contributed by atoms with Gasteiger partial charge < -0.3 is 10.1 Å². The minimum Gasteiger partial charge on any atom is -0.343 e. The first kappa shape index (κ1) is 15.6. The van der Waals surface area contributed by atoms with Crippen LogP contribution in [0.1, 0.15) is 35.0 Å². The molecule has 22 heavy (non-hydrogen) atoms. The van der Waals surface area contributed by atoms with E-state index in [1.807, 2.05) is 49.4 Å². The van der Waals surface area contributed by atoms with Crippen LogP contribution in [-0.2, 0) is 4.79 Å². The second kappa shape index (κ2) is 7.88. The second-order valence-electron chi connectivity index (χ2n) is 4.80. The van der Waals surface area contributed by atoms with Gasteiger partial charge in [0, 0.05) is 11.8 Å². The van der Waals surface area contributed by atoms with Crippen LogP contribution >= 0.6 is 0 Å². The number of hydrogen-bond donors (Lipinski definition) is 1. The number of nitrogens with zero attached hydrogens (tertiary/aromatic N) is 1. The molecule has 0 bridgehead atoms. The molecule has 1 aromatic heterocycles. The fourth-order valence-electron chi connectivity index (χ4n) is 1.98. The molecule has 0 saturated carbocycles. The maximum Gasteiger partial charge on any atom is 0.252 e. The fraction of sp³-hybridized carbons (Fsp3) is 0.167. The Kier molecular flexibility index (Phi) is 5.60. The van der Waals surface area contributed by atoms with Crippen molar-refractivity contribution in [3.63, 3.8) is 0 Å². The summed E-state index contributed by atoms with van der Waals surface area (Å²) in [6.45, 7) is 1.85. The van der Waals surface area contributed by atoms with E-state index in [1.54, 1.807) is 18.3 Å². The van der Waals surface area contributed by atoms with Gasteiger partial charge in [-0.15, -0.1) is 0 Å². The minimum absolute atomic E-state index is 0.250. The van der Waals surface area contributed by atoms with Crippen LogP contribution in [0, 0.1) is 0 Å². The Labute approximate surface area is 129 Å². The van der Waals surface area contributed by atoms with E-state index in [-0.39, 0.29) is 5.91 Å². The summed E-state index contributed by atoms with van der Waals surface area (Å²) < 4.78 is 0. The zero-order chi connectivity index (χ0) is 15.8. The van der Waals surface area contributed by atoms with Gasteiger partial charge in [0.1, 0.15) is 6.29 Å². The summed E-state index contributed by atoms with van der Waals surface area (Å²) in [5.74, 6) is -0.250. The monoisotopic (exact) mass is 294 g/mol. The van der Waals surface area contributed by atoms with Crippen molar-refractivity contribution >= 4 is 24.3 Å². The first-order chi connectivity index (χ1) is 10.7. The van der Waals surface area contributed by atoms with Crippen molar-refractivity contribution in [2.45, 2.75) is 19.4 Å². The molecule has 1 heterocycles. The maximum atomic E-state index is 12.3. The van der Waals surface area contributed by atoms with Gasteiger partial charge in [0.25, 0.3) is 5.91 Å². The van der Waals surface area contributed by atoms with Crippen molar-refractivity contribution < 1.29 is 9.59 Å². The highest BCUT2D eigenvalue weighted by molar-refractivity contribution is 5.99. The summed E-state index contributed by atoms with van der Waals surface area (Å²) in [5.41, 5.74) is 2.14. The number of hydrogen-bond acceptors (Lipinski definition) is 3. The van der Waals surface area contributed by atoms with Crippen molar-refractivity contribution in [2.24, 2.45) is 0 Å². The van der Waals surface area contributed by atoms with Crippen LogP contribution in [0.3, 0.4) is 0 Å². The average Bonchev–Trinajstić information content (AvgIpc) is 2.58. The molecular formula is C18H18N2O2. The van der Waals surface area contributed by atoms with E-state index >= 15 is 0 Å². The van der Waals surface area contributed by atoms with Gasteiger partial charge in [-0.05, 0) is 36.3 Å². The first-order valence-corrected chi connectivity index (χ1v) is 7.19. The van der Waals surface area contributed by atoms with Crippen LogP contribution in [0.5, 0.6) is 0 Å². The Hall–Kier alpha value is -2.75. The summed E-state index contributed by atoms with van der Waals surface area (Å²) >= 11 is 0. The van der Waals surface area contributed by atoms with Gasteiger partial charge in [-0.3, -0.25) is 9.78 Å². The first-order valence-electron chi connectivity index (χ1n) is 7.19. The molecule has 1 atom stereocenters. The number of aldehydes is 1. The lowest BCUT2D eigenvalue weighted by Crippen LogP contribution is -2.35. The van der Waals surface area contributed by atoms with E-state index in [1.165, 1.54) is 0 Å². The third kappa shape index (κ3) is 4.12. The van der Waals surface area contributed by atoms with Gasteiger partial charge in [-0.25, -0.2) is 0 Å². The number of carbonyl (C=O) groups excluding carboxylic acids is 2. The van der Waals surface area contributed by atoms with E-state index < -0.39 is 6.04 Å². The van der Waals surface area contributed by atoms with Crippen molar-refractivity contribution in [1.29, 1.82) is 0 Å². The van der Waals surface area contributed by atoms with Crippen molar-refractivity contribution in [1.82, 2.24) is 10.3 Å². The average molecular weight is 294 g/mol. The molecule has 4 heteroatoms. The van der Waals surface area contributed by atoms with E-state index in [4.69, 9.17) is 0 Å². The number of rotatable bonds is 6. The summed E-state index contributed by atoms with van der Waals surface area (Å²) in [4.78, 5) is 27.4. The molecule has 1 aromatic carbocycles. The molecule has 4 nitrogen and oxygen atoms in total. The maximum absolute atomic E-state index is 12.3. The highest BCUT2D eigenvalue weighted by atomic mass is 16.2. The third-order valence-electron chi connectivity index (χ3n) is 3.25. The van der Waals surface area contributed by atoms with E-state index in [2.05, 4.69) is 10.3 Å². The van der Waals surface area contributed by atoms with Gasteiger partial charge >= 0.3 is 0 Å². The SMILES string of the molecule is CCC(C=O)NC(=O)c1ccccc1/C=C/c1ccccn1. The summed E-state index contributed by atoms with van der Waals surface area (Å²) in [6, 6.07) is 12.4. The Bertz CT molecular complexity index is 666. The predicted octanol–water partition coefficient (Wildman–Crippen LogP) is 2.96. The Morgan fingerprint density at radius 1 is 1.18 bits per heavy atom. The quantitative estimate of drug-likeness (QED) is 0.833. The van der Waals surface area contributed by atoms with Crippen molar-refractivity contribution in [2.75, 3.05) is 0 Å². The third-order valence-corrected chi connectivity index (χ3v) is 3.25. The van der Waals surface area contributed by atoms with E-state index in [0.717, 1.165) is 17.5 Å². The van der Waals surface area contributed by atoms with Crippen molar-refractivity contribution in [3.05, 3.63) is 65.5 Å². The Morgan fingerprint density at radius 3 is 2.64 bits per heavy atom. The minimum atomic E-state index is -0.458. The number of carbonyl (C=O) groups is 2. The standard InChI is InChI=1S/C18H18N2O2/c1-2-15(13-21)20-18(22)17-9-4-3-7-14(17)10-11-16-8-5-6-12-19-16/h3-13,15H,2H2,1H3,(H,20,22)/b11-10+. The van der Waals surface area contributed by atoms with Gasteiger partial charge in [0.15, 0.2) is 0 Å². The molecular weight excluding hydrogens is 276 g/mol. The molecule has 0 fully saturated rings. The van der Waals surface area contributed by atoms with Crippen LogP contribution in [-0.4, -0.2) is 23.2 Å². The van der Waals surface area contributed by atoms with Crippen LogP contribution in [0.4, 0.5) is 0 Å². The summed E-state index contributed by atoms with van der Waals surface area (Å²) in [7, 11) is 0. The van der Waals surface area contributed by atoms with E-state index in [0.29, 0.717) is 12.0 Å². The molecule has 0 radical (unpaired) electrons. The molecule has 0 spiro atoms. The smallest absolute Gasteiger partial charge is 0.252 e. The van der Waals surface area contributed by atoms with E-state index in [9.17, 15) is 9.59 Å². The van der Waals surface area contributed by atoms with Gasteiger partial charge in [0.05, 0.1) is 11.7 Å². The molecule has 2 rings (SSSR count). The number of amides is 1. The Morgan fingerprint density at radius 2 is 1.95 bits per heavy atom. The predicted molar refractivity (Wildman–Crippen MR) is 87.2 cm³/mol. The fourth-order valence-corrected chi connectivity index (χ4v) is 1.98. The van der Waals surface area contributed by atoms with Gasteiger partial charge in [0.2, 0.25) is 0 Å². The molecule has 1 amide bonds.